The largest absolute Gasteiger partial charge is 0.462 e. The van der Waals surface area contributed by atoms with Gasteiger partial charge in [-0.3, -0.25) is 9.59 Å². The van der Waals surface area contributed by atoms with E-state index < -0.39 is 22.4 Å². The van der Waals surface area contributed by atoms with Crippen LogP contribution in [0.3, 0.4) is 0 Å². The molecule has 1 saturated heterocycles. The number of hydrogen-bond acceptors (Lipinski definition) is 19. The van der Waals surface area contributed by atoms with E-state index in [9.17, 15) is 33.6 Å². The summed E-state index contributed by atoms with van der Waals surface area (Å²) < 4.78 is 26.5. The zero-order valence-electron chi connectivity index (χ0n) is 46.8. The van der Waals surface area contributed by atoms with Crippen molar-refractivity contribution in [3.8, 4) is 0 Å². The lowest BCUT2D eigenvalue weighted by Gasteiger charge is -2.30. The van der Waals surface area contributed by atoms with E-state index in [1.807, 2.05) is 83.1 Å². The molecule has 0 unspecified atom stereocenters. The summed E-state index contributed by atoms with van der Waals surface area (Å²) in [6.07, 6.45) is 4.54. The van der Waals surface area contributed by atoms with E-state index in [0.717, 1.165) is 47.2 Å². The number of thiophene rings is 3. The molecule has 0 aliphatic carbocycles. The predicted octanol–water partition coefficient (Wildman–Crippen LogP) is 10.3. The maximum absolute atomic E-state index is 12.2. The number of nitrogens with one attached hydrogen (secondary N) is 1. The van der Waals surface area contributed by atoms with E-state index in [-0.39, 0.29) is 41.7 Å². The van der Waals surface area contributed by atoms with Gasteiger partial charge in [-0.15, -0.1) is 34.0 Å². The highest BCUT2D eigenvalue weighted by molar-refractivity contribution is 7.19. The number of hydrogen-bond donors (Lipinski definition) is 2. The van der Waals surface area contributed by atoms with Crippen LogP contribution in [-0.4, -0.2) is 137 Å². The number of ketones is 1. The lowest BCUT2D eigenvalue weighted by molar-refractivity contribution is -0.121. The molecule has 9 rings (SSSR count). The number of piperidine rings is 1. The van der Waals surface area contributed by atoms with E-state index in [0.29, 0.717) is 106 Å². The number of Topliss-reactive ketones (excluding diaryl/α,β-unsaturated/α-hetero) is 1. The number of H-pyrrole nitrogens is 1. The van der Waals surface area contributed by atoms with E-state index in [4.69, 9.17) is 41.0 Å². The number of carbonyl (C=O) groups is 6. The number of esters is 1. The standard InChI is InChI=1S/C15H22N2O4S.C14H16ClN3O2S.C14H17N3O3S.C10H17NO3/c1-5-20-13(18)11-9-6-7-17(8-10(9)22-12(11)16)14(19)21-15(2,3)4;1-14(2,3)20-13(19)18-5-4-8-9(6-18)21-12-10(8)11(15)16-7-17-12;1-14(2,3)20-13(19)17-5-4-8-9(6-17)21-12-10(8)11(18)15-7-16-12;1-10(2,3)14-9(13)11-6-4-8(12)5-7-11/h5-8,16H2,1-4H3;7H,4-6H2,1-3H3;7H,4-6H2,1-3H3,(H,15,16,18);4-7H2,1-3H3. The van der Waals surface area contributed by atoms with Crippen molar-refractivity contribution in [3.63, 3.8) is 0 Å². The van der Waals surface area contributed by atoms with E-state index in [1.54, 1.807) is 37.9 Å². The number of fused-ring (bicyclic) bond motifs is 7. The molecule has 0 saturated carbocycles. The minimum atomic E-state index is -0.526. The number of likely N-dealkylation sites (tertiary alicyclic amines) is 1. The van der Waals surface area contributed by atoms with Crippen molar-refractivity contribution >= 4 is 107 Å². The molecule has 78 heavy (non-hydrogen) atoms. The Balaban J connectivity index is 0.000000170. The fraction of sp³-hybridized carbons (Fsp3) is 0.585. The number of carbonyl (C=O) groups excluding carboxylic acids is 6. The SMILES string of the molecule is CC(C)(C)OC(=O)N1CCC(=O)CC1.CC(C)(C)OC(=O)N1CCc2c(sc3nc[nH]c(=O)c23)C1.CC(C)(C)OC(=O)N1CCc2c(sc3ncnc(Cl)c23)C1.CCOC(=O)c1c(N)sc2c1CCN(C(=O)OC(C)(C)C)C2. The molecular weight excluding hydrogens is 1090 g/mol. The molecule has 9 heterocycles. The van der Waals surface area contributed by atoms with E-state index >= 15 is 0 Å². The maximum atomic E-state index is 12.2. The van der Waals surface area contributed by atoms with Crippen LogP contribution in [0.4, 0.5) is 24.2 Å². The molecule has 25 heteroatoms. The first-order valence-electron chi connectivity index (χ1n) is 25.7. The minimum Gasteiger partial charge on any atom is -0.462 e. The van der Waals surface area contributed by atoms with Gasteiger partial charge in [0.2, 0.25) is 0 Å². The Hall–Kier alpha value is -6.11. The highest BCUT2D eigenvalue weighted by Crippen LogP contribution is 2.38. The average molecular weight is 1160 g/mol. The number of rotatable bonds is 2. The van der Waals surface area contributed by atoms with Crippen molar-refractivity contribution in [2.24, 2.45) is 0 Å². The molecule has 5 aromatic heterocycles. The number of aromatic amines is 1. The monoisotopic (exact) mass is 1160 g/mol. The van der Waals surface area contributed by atoms with Crippen molar-refractivity contribution < 1.29 is 52.5 Å². The number of aromatic nitrogens is 4. The molecule has 0 aromatic carbocycles. The second-order valence-corrected chi connectivity index (χ2v) is 26.4. The van der Waals surface area contributed by atoms with Gasteiger partial charge in [0, 0.05) is 60.2 Å². The van der Waals surface area contributed by atoms with Gasteiger partial charge in [0.25, 0.3) is 5.56 Å². The molecule has 3 N–H and O–H groups in total. The fourth-order valence-corrected chi connectivity index (χ4v) is 12.2. The van der Waals surface area contributed by atoms with Gasteiger partial charge in [0.1, 0.15) is 54.3 Å². The highest BCUT2D eigenvalue weighted by Gasteiger charge is 2.34. The van der Waals surface area contributed by atoms with Crippen molar-refractivity contribution in [2.45, 2.75) is 164 Å². The van der Waals surface area contributed by atoms with Crippen molar-refractivity contribution in [1.29, 1.82) is 0 Å². The van der Waals surface area contributed by atoms with Gasteiger partial charge in [0.05, 0.1) is 48.9 Å². The van der Waals surface area contributed by atoms with E-state index in [1.165, 1.54) is 40.9 Å². The quantitative estimate of drug-likeness (QED) is 0.0946. The molecule has 0 spiro atoms. The molecule has 0 radical (unpaired) electrons. The lowest BCUT2D eigenvalue weighted by Crippen LogP contribution is -2.41. The van der Waals surface area contributed by atoms with Crippen molar-refractivity contribution in [1.82, 2.24) is 39.5 Å². The molecule has 5 aromatic rings. The molecule has 0 atom stereocenters. The smallest absolute Gasteiger partial charge is 0.410 e. The van der Waals surface area contributed by atoms with Gasteiger partial charge in [-0.05, 0) is 126 Å². The molecule has 4 aliphatic heterocycles. The van der Waals surface area contributed by atoms with Crippen LogP contribution in [0.2, 0.25) is 5.15 Å². The van der Waals surface area contributed by atoms with Crippen LogP contribution in [-0.2, 0) is 67.4 Å². The molecule has 21 nitrogen and oxygen atoms in total. The molecular formula is C53H72ClN9O12S3. The first kappa shape index (κ1) is 61.1. The summed E-state index contributed by atoms with van der Waals surface area (Å²) in [7, 11) is 0. The highest BCUT2D eigenvalue weighted by atomic mass is 35.5. The third kappa shape index (κ3) is 16.5. The Kier molecular flexibility index (Phi) is 19.5. The zero-order valence-corrected chi connectivity index (χ0v) is 50.0. The van der Waals surface area contributed by atoms with Crippen LogP contribution in [0, 0.1) is 0 Å². The number of nitrogens with zero attached hydrogens (tertiary/aromatic N) is 7. The van der Waals surface area contributed by atoms with Crippen molar-refractivity contribution in [3.05, 3.63) is 65.0 Å². The number of amides is 4. The second kappa shape index (κ2) is 24.9. The third-order valence-electron chi connectivity index (χ3n) is 11.7. The van der Waals surface area contributed by atoms with Crippen LogP contribution < -0.4 is 11.3 Å². The van der Waals surface area contributed by atoms with Crippen LogP contribution in [0.25, 0.3) is 20.4 Å². The Morgan fingerprint density at radius 3 is 1.42 bits per heavy atom. The Morgan fingerprint density at radius 1 is 0.577 bits per heavy atom. The third-order valence-corrected chi connectivity index (χ3v) is 15.3. The van der Waals surface area contributed by atoms with Gasteiger partial charge < -0.3 is 54.0 Å². The molecule has 426 valence electrons. The first-order valence-corrected chi connectivity index (χ1v) is 28.5. The number of nitrogen functional groups attached to an aromatic ring is 1. The Bertz CT molecular complexity index is 3080. The van der Waals surface area contributed by atoms with Crippen molar-refractivity contribution in [2.75, 3.05) is 45.1 Å². The van der Waals surface area contributed by atoms with Crippen LogP contribution in [0.15, 0.2) is 17.4 Å². The number of halogens is 1. The predicted molar refractivity (Wildman–Crippen MR) is 300 cm³/mol. The number of nitrogens with two attached hydrogens (primary N) is 1. The van der Waals surface area contributed by atoms with E-state index in [2.05, 4.69) is 19.9 Å². The summed E-state index contributed by atoms with van der Waals surface area (Å²) in [5.74, 6) is -0.159. The average Bonchev–Trinajstić information content (AvgIpc) is 4.06. The first-order chi connectivity index (χ1) is 36.3. The van der Waals surface area contributed by atoms with Gasteiger partial charge >= 0.3 is 30.3 Å². The van der Waals surface area contributed by atoms with Gasteiger partial charge in [-0.2, -0.15) is 0 Å². The summed E-state index contributed by atoms with van der Waals surface area (Å²) in [6.45, 7) is 28.4. The fourth-order valence-electron chi connectivity index (χ4n) is 8.39. The number of ether oxygens (including phenoxy) is 5. The summed E-state index contributed by atoms with van der Waals surface area (Å²) in [4.78, 5) is 109. The summed E-state index contributed by atoms with van der Waals surface area (Å²) >= 11 is 10.5. The Morgan fingerprint density at radius 2 is 0.974 bits per heavy atom. The van der Waals surface area contributed by atoms with Gasteiger partial charge in [0.15, 0.2) is 0 Å². The normalized spacial score (nSPS) is 15.5. The lowest BCUT2D eigenvalue weighted by atomic mass is 10.0. The maximum Gasteiger partial charge on any atom is 0.410 e. The summed E-state index contributed by atoms with van der Waals surface area (Å²) in [5.41, 5.74) is 7.43. The van der Waals surface area contributed by atoms with Gasteiger partial charge in [-0.25, -0.2) is 38.9 Å². The van der Waals surface area contributed by atoms with Crippen LogP contribution in [0.5, 0.6) is 0 Å². The summed E-state index contributed by atoms with van der Waals surface area (Å²) in [6, 6.07) is 0. The van der Waals surface area contributed by atoms with Crippen LogP contribution >= 0.6 is 45.6 Å². The second-order valence-electron chi connectivity index (χ2n) is 22.7. The molecule has 4 amide bonds. The molecule has 4 aliphatic rings. The molecule has 0 bridgehead atoms. The summed E-state index contributed by atoms with van der Waals surface area (Å²) in [5, 5.41) is 2.54. The topological polar surface area (TPSA) is 259 Å². The zero-order chi connectivity index (χ0) is 57.7. The van der Waals surface area contributed by atoms with Crippen LogP contribution in [0.1, 0.15) is 145 Å². The number of anilines is 1. The van der Waals surface area contributed by atoms with Gasteiger partial charge in [-0.1, -0.05) is 11.6 Å². The Labute approximate surface area is 471 Å². The molecule has 1 fully saturated rings. The minimum absolute atomic E-state index is 0.108.